The molecule has 0 bridgehead atoms. The second kappa shape index (κ2) is 8.42. The Morgan fingerprint density at radius 3 is 2.62 bits per heavy atom. The van der Waals surface area contributed by atoms with E-state index in [1.807, 2.05) is 0 Å². The Hall–Kier alpha value is -1.88. The van der Waals surface area contributed by atoms with Crippen LogP contribution >= 0.6 is 0 Å². The summed E-state index contributed by atoms with van der Waals surface area (Å²) in [6.45, 7) is 4.43. The first kappa shape index (κ1) is 17.2. The smallest absolute Gasteiger partial charge is 0.338 e. The van der Waals surface area contributed by atoms with Crippen LogP contribution in [-0.2, 0) is 4.79 Å². The molecular formula is C16H24N2O3. The van der Waals surface area contributed by atoms with Gasteiger partial charge in [0.25, 0.3) is 0 Å². The van der Waals surface area contributed by atoms with Gasteiger partial charge in [0.2, 0.25) is 5.91 Å². The predicted octanol–water partition coefficient (Wildman–Crippen LogP) is 2.79. The Morgan fingerprint density at radius 1 is 1.33 bits per heavy atom. The summed E-state index contributed by atoms with van der Waals surface area (Å²) in [4.78, 5) is 23.2. The van der Waals surface area contributed by atoms with Crippen LogP contribution in [0.1, 0.15) is 48.5 Å². The van der Waals surface area contributed by atoms with Crippen molar-refractivity contribution < 1.29 is 14.7 Å². The van der Waals surface area contributed by atoms with Crippen LogP contribution in [-0.4, -0.2) is 23.5 Å². The quantitative estimate of drug-likeness (QED) is 0.687. The first-order valence-electron chi connectivity index (χ1n) is 7.32. The molecule has 0 fully saturated rings. The van der Waals surface area contributed by atoms with Gasteiger partial charge in [0.1, 0.15) is 0 Å². The van der Waals surface area contributed by atoms with Gasteiger partial charge in [0, 0.05) is 6.42 Å². The summed E-state index contributed by atoms with van der Waals surface area (Å²) < 4.78 is 0. The van der Waals surface area contributed by atoms with Gasteiger partial charge in [0.05, 0.1) is 11.3 Å². The van der Waals surface area contributed by atoms with E-state index in [-0.39, 0.29) is 11.5 Å². The zero-order chi connectivity index (χ0) is 15.8. The van der Waals surface area contributed by atoms with Crippen LogP contribution in [0.15, 0.2) is 18.2 Å². The maximum atomic E-state index is 12.0. The molecule has 0 aliphatic heterocycles. The van der Waals surface area contributed by atoms with Crippen molar-refractivity contribution in [1.29, 1.82) is 0 Å². The summed E-state index contributed by atoms with van der Waals surface area (Å²) in [6, 6.07) is 5.07. The molecule has 1 atom stereocenters. The lowest BCUT2D eigenvalue weighted by Gasteiger charge is -2.14. The summed E-state index contributed by atoms with van der Waals surface area (Å²) >= 11 is 0. The highest BCUT2D eigenvalue weighted by Crippen LogP contribution is 2.21. The lowest BCUT2D eigenvalue weighted by molar-refractivity contribution is -0.116. The van der Waals surface area contributed by atoms with Crippen LogP contribution in [0.5, 0.6) is 0 Å². The number of carbonyl (C=O) groups is 2. The first-order chi connectivity index (χ1) is 9.99. The number of hydrogen-bond donors (Lipinski definition) is 3. The van der Waals surface area contributed by atoms with Crippen molar-refractivity contribution in [1.82, 2.24) is 0 Å². The molecule has 0 saturated carbocycles. The van der Waals surface area contributed by atoms with Crippen LogP contribution in [0.3, 0.4) is 0 Å². The number of rotatable bonds is 8. The molecule has 1 aromatic carbocycles. The van der Waals surface area contributed by atoms with Gasteiger partial charge in [-0.3, -0.25) is 4.79 Å². The van der Waals surface area contributed by atoms with E-state index in [1.165, 1.54) is 0 Å². The summed E-state index contributed by atoms with van der Waals surface area (Å²) in [5.74, 6) is -0.742. The number of anilines is 1. The fourth-order valence-corrected chi connectivity index (χ4v) is 2.39. The molecule has 1 aromatic rings. The average molecular weight is 292 g/mol. The van der Waals surface area contributed by atoms with Gasteiger partial charge in [-0.1, -0.05) is 25.5 Å². The van der Waals surface area contributed by atoms with Crippen LogP contribution in [0.2, 0.25) is 0 Å². The van der Waals surface area contributed by atoms with Gasteiger partial charge in [-0.05, 0) is 43.9 Å². The third kappa shape index (κ3) is 5.19. The van der Waals surface area contributed by atoms with Crippen molar-refractivity contribution >= 4 is 17.6 Å². The molecule has 4 N–H and O–H groups in total. The van der Waals surface area contributed by atoms with E-state index in [1.54, 1.807) is 25.1 Å². The number of benzene rings is 1. The largest absolute Gasteiger partial charge is 0.478 e. The number of amides is 1. The van der Waals surface area contributed by atoms with E-state index in [9.17, 15) is 14.7 Å². The van der Waals surface area contributed by atoms with Crippen molar-refractivity contribution in [2.24, 2.45) is 11.7 Å². The maximum absolute atomic E-state index is 12.0. The van der Waals surface area contributed by atoms with E-state index >= 15 is 0 Å². The van der Waals surface area contributed by atoms with Gasteiger partial charge < -0.3 is 16.2 Å². The summed E-state index contributed by atoms with van der Waals surface area (Å²) in [5, 5.41) is 11.9. The minimum Gasteiger partial charge on any atom is -0.478 e. The lowest BCUT2D eigenvalue weighted by Crippen LogP contribution is -2.17. The third-order valence-corrected chi connectivity index (χ3v) is 3.69. The Bertz CT molecular complexity index is 500. The van der Waals surface area contributed by atoms with Gasteiger partial charge in [0.15, 0.2) is 0 Å². The second-order valence-electron chi connectivity index (χ2n) is 5.24. The van der Waals surface area contributed by atoms with Crippen molar-refractivity contribution in [3.05, 3.63) is 29.3 Å². The molecule has 116 valence electrons. The topological polar surface area (TPSA) is 92.4 Å². The monoisotopic (exact) mass is 292 g/mol. The van der Waals surface area contributed by atoms with E-state index in [2.05, 4.69) is 12.2 Å². The fraction of sp³-hybridized carbons (Fsp3) is 0.500. The molecule has 0 aromatic heterocycles. The second-order valence-corrected chi connectivity index (χ2v) is 5.24. The first-order valence-corrected chi connectivity index (χ1v) is 7.32. The molecule has 5 heteroatoms. The number of nitrogens with one attached hydrogen (secondary N) is 1. The third-order valence-electron chi connectivity index (χ3n) is 3.69. The minimum atomic E-state index is -1.03. The molecule has 5 nitrogen and oxygen atoms in total. The highest BCUT2D eigenvalue weighted by molar-refractivity contribution is 6.01. The van der Waals surface area contributed by atoms with Gasteiger partial charge in [-0.25, -0.2) is 4.79 Å². The van der Waals surface area contributed by atoms with E-state index in [0.717, 1.165) is 19.3 Å². The predicted molar refractivity (Wildman–Crippen MR) is 83.5 cm³/mol. The Labute approximate surface area is 125 Å². The van der Waals surface area contributed by atoms with Gasteiger partial charge in [-0.2, -0.15) is 0 Å². The number of nitrogens with two attached hydrogens (primary N) is 1. The minimum absolute atomic E-state index is 0.153. The fourth-order valence-electron chi connectivity index (χ4n) is 2.39. The molecule has 0 saturated heterocycles. The Morgan fingerprint density at radius 2 is 2.05 bits per heavy atom. The van der Waals surface area contributed by atoms with Crippen LogP contribution in [0.25, 0.3) is 0 Å². The number of carboxylic acids is 1. The lowest BCUT2D eigenvalue weighted by atomic mass is 9.96. The highest BCUT2D eigenvalue weighted by Gasteiger charge is 2.15. The molecule has 0 aliphatic rings. The molecule has 0 radical (unpaired) electrons. The van der Waals surface area contributed by atoms with E-state index < -0.39 is 5.97 Å². The van der Waals surface area contributed by atoms with Gasteiger partial charge >= 0.3 is 5.97 Å². The average Bonchev–Trinajstić information content (AvgIpc) is 2.43. The molecular weight excluding hydrogens is 268 g/mol. The SMILES string of the molecule is CCC(CCN)CCC(=O)Nc1cccc(C)c1C(=O)O. The normalized spacial score (nSPS) is 12.0. The van der Waals surface area contributed by atoms with Crippen molar-refractivity contribution in [3.8, 4) is 0 Å². The summed E-state index contributed by atoms with van der Waals surface area (Å²) in [7, 11) is 0. The van der Waals surface area contributed by atoms with Crippen LogP contribution in [0.4, 0.5) is 5.69 Å². The van der Waals surface area contributed by atoms with Crippen molar-refractivity contribution in [3.63, 3.8) is 0 Å². The van der Waals surface area contributed by atoms with Crippen LogP contribution in [0, 0.1) is 12.8 Å². The Kier molecular flexibility index (Phi) is 6.88. The number of hydrogen-bond acceptors (Lipinski definition) is 3. The van der Waals surface area contributed by atoms with Crippen molar-refractivity contribution in [2.75, 3.05) is 11.9 Å². The van der Waals surface area contributed by atoms with Crippen LogP contribution < -0.4 is 11.1 Å². The number of carbonyl (C=O) groups excluding carboxylic acids is 1. The summed E-state index contributed by atoms with van der Waals surface area (Å²) in [6.07, 6.45) is 3.06. The van der Waals surface area contributed by atoms with E-state index in [4.69, 9.17) is 5.73 Å². The van der Waals surface area contributed by atoms with Crippen molar-refractivity contribution in [2.45, 2.75) is 39.5 Å². The van der Waals surface area contributed by atoms with E-state index in [0.29, 0.717) is 30.1 Å². The molecule has 0 aliphatic carbocycles. The molecule has 21 heavy (non-hydrogen) atoms. The zero-order valence-corrected chi connectivity index (χ0v) is 12.7. The molecule has 1 rings (SSSR count). The maximum Gasteiger partial charge on any atom is 0.338 e. The molecule has 1 unspecified atom stereocenters. The Balaban J connectivity index is 2.67. The molecule has 0 spiro atoms. The molecule has 1 amide bonds. The number of aryl methyl sites for hydroxylation is 1. The standard InChI is InChI=1S/C16H24N2O3/c1-3-12(9-10-17)7-8-14(19)18-13-6-4-5-11(2)15(13)16(20)21/h4-6,12H,3,7-10,17H2,1-2H3,(H,18,19)(H,20,21). The molecule has 0 heterocycles. The number of carboxylic acid groups (broad SMARTS) is 1. The zero-order valence-electron chi connectivity index (χ0n) is 12.7. The highest BCUT2D eigenvalue weighted by atomic mass is 16.4. The number of aromatic carboxylic acids is 1. The van der Waals surface area contributed by atoms with Gasteiger partial charge in [-0.15, -0.1) is 0 Å². The summed E-state index contributed by atoms with van der Waals surface area (Å²) in [5.41, 5.74) is 6.69.